The van der Waals surface area contributed by atoms with Crippen molar-refractivity contribution in [2.24, 2.45) is 5.92 Å². The summed E-state index contributed by atoms with van der Waals surface area (Å²) in [5.41, 5.74) is -0.674. The van der Waals surface area contributed by atoms with Crippen LogP contribution in [0.25, 0.3) is 0 Å². The zero-order valence-corrected chi connectivity index (χ0v) is 15.4. The van der Waals surface area contributed by atoms with E-state index < -0.39 is 5.54 Å². The van der Waals surface area contributed by atoms with E-state index in [1.54, 1.807) is 0 Å². The molecular formula is C20H33N3O2. The Morgan fingerprint density at radius 2 is 1.76 bits per heavy atom. The first-order valence-corrected chi connectivity index (χ1v) is 10.3. The lowest BCUT2D eigenvalue weighted by Gasteiger charge is -2.34. The van der Waals surface area contributed by atoms with Gasteiger partial charge in [-0.15, -0.1) is 0 Å². The maximum Gasteiger partial charge on any atom is 0.235 e. The van der Waals surface area contributed by atoms with Gasteiger partial charge in [-0.1, -0.05) is 44.9 Å². The molecule has 3 rings (SSSR count). The number of aliphatic hydroxyl groups excluding tert-OH is 1. The van der Waals surface area contributed by atoms with Gasteiger partial charge in [0.1, 0.15) is 5.54 Å². The normalized spacial score (nSPS) is 31.2. The minimum absolute atomic E-state index is 0.0432. The number of hydrogen-bond donors (Lipinski definition) is 2. The minimum atomic E-state index is -0.674. The van der Waals surface area contributed by atoms with Crippen molar-refractivity contribution in [3.63, 3.8) is 0 Å². The lowest BCUT2D eigenvalue weighted by molar-refractivity contribution is -0.124. The Bertz CT molecular complexity index is 488. The Balaban J connectivity index is 1.59. The number of amides is 1. The Morgan fingerprint density at radius 1 is 1.12 bits per heavy atom. The first-order chi connectivity index (χ1) is 12.1. The molecule has 0 bridgehead atoms. The molecule has 0 unspecified atom stereocenters. The van der Waals surface area contributed by atoms with Crippen molar-refractivity contribution in [2.75, 3.05) is 13.1 Å². The molecule has 2 aliphatic carbocycles. The molecule has 5 heteroatoms. The van der Waals surface area contributed by atoms with Gasteiger partial charge < -0.3 is 10.4 Å². The quantitative estimate of drug-likeness (QED) is 0.767. The molecular weight excluding hydrogens is 314 g/mol. The second-order valence-electron chi connectivity index (χ2n) is 8.44. The summed E-state index contributed by atoms with van der Waals surface area (Å²) in [5.74, 6) is 0.569. The van der Waals surface area contributed by atoms with E-state index in [0.717, 1.165) is 44.9 Å². The molecule has 5 nitrogen and oxygen atoms in total. The fraction of sp³-hybridized carbons (Fsp3) is 0.900. The van der Waals surface area contributed by atoms with Crippen LogP contribution in [0.3, 0.4) is 0 Å². The van der Waals surface area contributed by atoms with E-state index in [-0.39, 0.29) is 12.0 Å². The summed E-state index contributed by atoms with van der Waals surface area (Å²) in [6.45, 7) is 0.912. The summed E-state index contributed by atoms with van der Waals surface area (Å²) < 4.78 is 0. The molecule has 2 atom stereocenters. The van der Waals surface area contributed by atoms with Crippen LogP contribution < -0.4 is 5.32 Å². The zero-order valence-electron chi connectivity index (χ0n) is 15.4. The van der Waals surface area contributed by atoms with E-state index in [0.29, 0.717) is 25.0 Å². The smallest absolute Gasteiger partial charge is 0.235 e. The van der Waals surface area contributed by atoms with E-state index in [9.17, 15) is 15.2 Å². The van der Waals surface area contributed by atoms with Crippen molar-refractivity contribution in [3.05, 3.63) is 0 Å². The van der Waals surface area contributed by atoms with Gasteiger partial charge >= 0.3 is 0 Å². The van der Waals surface area contributed by atoms with Gasteiger partial charge in [-0.3, -0.25) is 9.69 Å². The third-order valence-corrected chi connectivity index (χ3v) is 6.52. The monoisotopic (exact) mass is 347 g/mol. The van der Waals surface area contributed by atoms with E-state index in [1.165, 1.54) is 32.1 Å². The summed E-state index contributed by atoms with van der Waals surface area (Å²) in [6.07, 6.45) is 12.7. The molecule has 25 heavy (non-hydrogen) atoms. The molecule has 2 N–H and O–H groups in total. The van der Waals surface area contributed by atoms with Gasteiger partial charge in [-0.25, -0.2) is 0 Å². The van der Waals surface area contributed by atoms with Crippen LogP contribution in [-0.2, 0) is 4.79 Å². The highest BCUT2D eigenvalue weighted by atomic mass is 16.3. The number of rotatable bonds is 4. The average molecular weight is 348 g/mol. The van der Waals surface area contributed by atoms with Gasteiger partial charge in [0.25, 0.3) is 0 Å². The lowest BCUT2D eigenvalue weighted by atomic mass is 9.82. The first-order valence-electron chi connectivity index (χ1n) is 10.3. The first kappa shape index (κ1) is 18.7. The molecule has 1 aliphatic heterocycles. The minimum Gasteiger partial charge on any atom is -0.392 e. The topological polar surface area (TPSA) is 76.4 Å². The second kappa shape index (κ2) is 8.51. The van der Waals surface area contributed by atoms with Crippen LogP contribution in [0.1, 0.15) is 77.0 Å². The molecule has 0 aromatic carbocycles. The summed E-state index contributed by atoms with van der Waals surface area (Å²) in [7, 11) is 0. The van der Waals surface area contributed by atoms with Crippen molar-refractivity contribution < 1.29 is 9.90 Å². The summed E-state index contributed by atoms with van der Waals surface area (Å²) in [6, 6.07) is 2.72. The van der Waals surface area contributed by atoms with Gasteiger partial charge in [0.2, 0.25) is 5.91 Å². The maximum absolute atomic E-state index is 12.7. The SMILES string of the molecule is N#CC1(NC(=O)CN2C[C@H](O)C[C@@H]2C2CCCCC2)CCCCCC1. The molecule has 3 fully saturated rings. The Labute approximate surface area is 151 Å². The van der Waals surface area contributed by atoms with Crippen molar-refractivity contribution in [3.8, 4) is 6.07 Å². The number of aliphatic hydroxyl groups is 1. The van der Waals surface area contributed by atoms with E-state index in [1.807, 2.05) is 0 Å². The van der Waals surface area contributed by atoms with Crippen LogP contribution >= 0.6 is 0 Å². The molecule has 1 saturated heterocycles. The number of likely N-dealkylation sites (tertiary alicyclic amines) is 1. The molecule has 0 radical (unpaired) electrons. The lowest BCUT2D eigenvalue weighted by Crippen LogP contribution is -2.51. The van der Waals surface area contributed by atoms with Crippen LogP contribution in [0.5, 0.6) is 0 Å². The average Bonchev–Trinajstić information content (AvgIpc) is 2.82. The number of β-amino-alcohol motifs (C(OH)–C–C–N with tert-alkyl or cyclic N) is 1. The van der Waals surface area contributed by atoms with Crippen molar-refractivity contribution in [1.29, 1.82) is 5.26 Å². The predicted molar refractivity (Wildman–Crippen MR) is 96.7 cm³/mol. The third kappa shape index (κ3) is 4.74. The van der Waals surface area contributed by atoms with Crippen molar-refractivity contribution in [2.45, 2.75) is 94.7 Å². The van der Waals surface area contributed by atoms with Gasteiger partial charge in [-0.2, -0.15) is 5.26 Å². The van der Waals surface area contributed by atoms with Crippen molar-refractivity contribution in [1.82, 2.24) is 10.2 Å². The summed E-state index contributed by atoms with van der Waals surface area (Å²) in [4.78, 5) is 14.9. The number of hydrogen-bond acceptors (Lipinski definition) is 4. The second-order valence-corrected chi connectivity index (χ2v) is 8.44. The molecule has 3 aliphatic rings. The van der Waals surface area contributed by atoms with Crippen LogP contribution in [0.4, 0.5) is 0 Å². The highest BCUT2D eigenvalue weighted by Crippen LogP contribution is 2.34. The molecule has 140 valence electrons. The van der Waals surface area contributed by atoms with Gasteiger partial charge in [0, 0.05) is 12.6 Å². The zero-order chi connectivity index (χ0) is 17.7. The van der Waals surface area contributed by atoms with E-state index in [2.05, 4.69) is 16.3 Å². The molecule has 1 heterocycles. The fourth-order valence-corrected chi connectivity index (χ4v) is 5.19. The summed E-state index contributed by atoms with van der Waals surface area (Å²) >= 11 is 0. The standard InChI is InChI=1S/C20H33N3O2/c21-15-20(10-6-1-2-7-11-20)22-19(25)14-23-13-17(24)12-18(23)16-8-4-3-5-9-16/h16-18,24H,1-14H2,(H,22,25)/t17-,18-/m1/s1. The van der Waals surface area contributed by atoms with Crippen LogP contribution in [0, 0.1) is 17.2 Å². The predicted octanol–water partition coefficient (Wildman–Crippen LogP) is 2.73. The highest BCUT2D eigenvalue weighted by molar-refractivity contribution is 5.79. The number of carbonyl (C=O) groups is 1. The van der Waals surface area contributed by atoms with E-state index >= 15 is 0 Å². The van der Waals surface area contributed by atoms with Gasteiger partial charge in [0.15, 0.2) is 0 Å². The van der Waals surface area contributed by atoms with Gasteiger partial charge in [-0.05, 0) is 38.0 Å². The number of carbonyl (C=O) groups excluding carboxylic acids is 1. The Kier molecular flexibility index (Phi) is 6.35. The number of nitrogens with one attached hydrogen (secondary N) is 1. The van der Waals surface area contributed by atoms with Crippen LogP contribution in [-0.4, -0.2) is 46.7 Å². The molecule has 1 amide bonds. The van der Waals surface area contributed by atoms with E-state index in [4.69, 9.17) is 0 Å². The molecule has 0 spiro atoms. The Morgan fingerprint density at radius 3 is 2.40 bits per heavy atom. The maximum atomic E-state index is 12.7. The van der Waals surface area contributed by atoms with Crippen LogP contribution in [0.2, 0.25) is 0 Å². The largest absolute Gasteiger partial charge is 0.392 e. The highest BCUT2D eigenvalue weighted by Gasteiger charge is 2.39. The third-order valence-electron chi connectivity index (χ3n) is 6.52. The summed E-state index contributed by atoms with van der Waals surface area (Å²) in [5, 5.41) is 22.9. The Hall–Kier alpha value is -1.12. The fourth-order valence-electron chi connectivity index (χ4n) is 5.19. The van der Waals surface area contributed by atoms with Gasteiger partial charge in [0.05, 0.1) is 18.7 Å². The number of nitrogens with zero attached hydrogens (tertiary/aromatic N) is 2. The number of nitriles is 1. The molecule has 2 saturated carbocycles. The molecule has 0 aromatic rings. The molecule has 0 aromatic heterocycles. The van der Waals surface area contributed by atoms with Crippen LogP contribution in [0.15, 0.2) is 0 Å². The van der Waals surface area contributed by atoms with Crippen molar-refractivity contribution >= 4 is 5.91 Å².